The number of alkyl halides is 1. The molecule has 2 nitrogen and oxygen atoms in total. The van der Waals surface area contributed by atoms with E-state index in [1.165, 1.54) is 12.8 Å². The zero-order valence-corrected chi connectivity index (χ0v) is 10.8. The lowest BCUT2D eigenvalue weighted by molar-refractivity contribution is 0.430. The summed E-state index contributed by atoms with van der Waals surface area (Å²) in [5.41, 5.74) is 0. The molecule has 1 unspecified atom stereocenters. The van der Waals surface area contributed by atoms with Crippen molar-refractivity contribution in [1.29, 1.82) is 0 Å². The van der Waals surface area contributed by atoms with Crippen molar-refractivity contribution in [3.05, 3.63) is 16.6 Å². The van der Waals surface area contributed by atoms with E-state index in [0.717, 1.165) is 30.4 Å². The van der Waals surface area contributed by atoms with E-state index in [0.29, 0.717) is 5.92 Å². The van der Waals surface area contributed by atoms with E-state index in [-0.39, 0.29) is 0 Å². The molecule has 0 radical (unpaired) electrons. The van der Waals surface area contributed by atoms with Gasteiger partial charge in [-0.15, -0.1) is 22.9 Å². The fraction of sp³-hybridized carbons (Fsp3) is 0.727. The van der Waals surface area contributed by atoms with E-state index in [1.54, 1.807) is 11.3 Å². The van der Waals surface area contributed by atoms with Crippen LogP contribution in [0.1, 0.15) is 31.2 Å². The van der Waals surface area contributed by atoms with Crippen LogP contribution in [0.5, 0.6) is 0 Å². The molecule has 1 atom stereocenters. The highest BCUT2D eigenvalue weighted by Crippen LogP contribution is 2.11. The molecule has 1 rings (SSSR count). The van der Waals surface area contributed by atoms with Gasteiger partial charge in [-0.2, -0.15) is 0 Å². The van der Waals surface area contributed by atoms with Gasteiger partial charge in [0.1, 0.15) is 5.01 Å². The van der Waals surface area contributed by atoms with Gasteiger partial charge in [0.25, 0.3) is 0 Å². The highest BCUT2D eigenvalue weighted by Gasteiger charge is 2.06. The number of hydrogen-bond acceptors (Lipinski definition) is 3. The number of thiazole rings is 1. The SMILES string of the molecule is CCCC(CCCl)CNCc1nccs1. The van der Waals surface area contributed by atoms with Gasteiger partial charge >= 0.3 is 0 Å². The summed E-state index contributed by atoms with van der Waals surface area (Å²) in [6, 6.07) is 0. The quantitative estimate of drug-likeness (QED) is 0.712. The molecule has 0 saturated heterocycles. The molecule has 0 saturated carbocycles. The Morgan fingerprint density at radius 1 is 1.53 bits per heavy atom. The molecule has 4 heteroatoms. The molecule has 0 amide bonds. The third kappa shape index (κ3) is 5.50. The predicted molar refractivity (Wildman–Crippen MR) is 67.6 cm³/mol. The van der Waals surface area contributed by atoms with E-state index < -0.39 is 0 Å². The van der Waals surface area contributed by atoms with Crippen LogP contribution >= 0.6 is 22.9 Å². The Balaban J connectivity index is 2.15. The second-order valence-electron chi connectivity index (χ2n) is 3.69. The van der Waals surface area contributed by atoms with E-state index in [4.69, 9.17) is 11.6 Å². The minimum Gasteiger partial charge on any atom is -0.310 e. The van der Waals surface area contributed by atoms with Crippen LogP contribution in [0.3, 0.4) is 0 Å². The van der Waals surface area contributed by atoms with Gasteiger partial charge in [-0.25, -0.2) is 4.98 Å². The Morgan fingerprint density at radius 3 is 3.00 bits per heavy atom. The normalized spacial score (nSPS) is 12.9. The van der Waals surface area contributed by atoms with Crippen LogP contribution in [0.2, 0.25) is 0 Å². The molecule has 0 fully saturated rings. The van der Waals surface area contributed by atoms with Crippen molar-refractivity contribution in [3.63, 3.8) is 0 Å². The minimum absolute atomic E-state index is 0.715. The summed E-state index contributed by atoms with van der Waals surface area (Å²) in [6.07, 6.45) is 5.46. The Kier molecular flexibility index (Phi) is 6.98. The molecule has 1 N–H and O–H groups in total. The van der Waals surface area contributed by atoms with Crippen molar-refractivity contribution < 1.29 is 0 Å². The lowest BCUT2D eigenvalue weighted by Crippen LogP contribution is -2.22. The molecular formula is C11H19ClN2S. The number of nitrogens with one attached hydrogen (secondary N) is 1. The van der Waals surface area contributed by atoms with Crippen molar-refractivity contribution >= 4 is 22.9 Å². The second-order valence-corrected chi connectivity index (χ2v) is 5.05. The van der Waals surface area contributed by atoms with Crippen molar-refractivity contribution in [2.24, 2.45) is 5.92 Å². The van der Waals surface area contributed by atoms with Crippen LogP contribution in [-0.4, -0.2) is 17.4 Å². The molecule has 86 valence electrons. The van der Waals surface area contributed by atoms with Crippen molar-refractivity contribution in [1.82, 2.24) is 10.3 Å². The molecule has 1 aromatic rings. The smallest absolute Gasteiger partial charge is 0.106 e. The molecular weight excluding hydrogens is 228 g/mol. The first-order valence-electron chi connectivity index (χ1n) is 5.51. The van der Waals surface area contributed by atoms with Crippen LogP contribution in [0, 0.1) is 5.92 Å². The number of nitrogens with zero attached hydrogens (tertiary/aromatic N) is 1. The number of hydrogen-bond donors (Lipinski definition) is 1. The summed E-state index contributed by atoms with van der Waals surface area (Å²) in [5.74, 6) is 1.48. The average molecular weight is 247 g/mol. The highest BCUT2D eigenvalue weighted by atomic mass is 35.5. The van der Waals surface area contributed by atoms with Gasteiger partial charge < -0.3 is 5.32 Å². The zero-order valence-electron chi connectivity index (χ0n) is 9.21. The third-order valence-corrected chi connectivity index (χ3v) is 3.40. The van der Waals surface area contributed by atoms with Gasteiger partial charge in [0.2, 0.25) is 0 Å². The van der Waals surface area contributed by atoms with E-state index >= 15 is 0 Å². The van der Waals surface area contributed by atoms with Crippen LogP contribution in [-0.2, 0) is 6.54 Å². The number of rotatable bonds is 8. The van der Waals surface area contributed by atoms with Gasteiger partial charge in [-0.05, 0) is 25.3 Å². The maximum Gasteiger partial charge on any atom is 0.106 e. The van der Waals surface area contributed by atoms with Gasteiger partial charge in [-0.3, -0.25) is 0 Å². The maximum atomic E-state index is 5.77. The molecule has 0 aromatic carbocycles. The van der Waals surface area contributed by atoms with Crippen LogP contribution in [0.25, 0.3) is 0 Å². The third-order valence-electron chi connectivity index (χ3n) is 2.41. The topological polar surface area (TPSA) is 24.9 Å². The molecule has 0 bridgehead atoms. The largest absolute Gasteiger partial charge is 0.310 e. The lowest BCUT2D eigenvalue weighted by Gasteiger charge is -2.14. The summed E-state index contributed by atoms with van der Waals surface area (Å²) < 4.78 is 0. The fourth-order valence-corrected chi connectivity index (χ4v) is 2.53. The highest BCUT2D eigenvalue weighted by molar-refractivity contribution is 7.09. The van der Waals surface area contributed by atoms with E-state index in [1.807, 2.05) is 11.6 Å². The van der Waals surface area contributed by atoms with Crippen molar-refractivity contribution in [2.45, 2.75) is 32.7 Å². The summed E-state index contributed by atoms with van der Waals surface area (Å²) >= 11 is 7.47. The van der Waals surface area contributed by atoms with Gasteiger partial charge in [0.15, 0.2) is 0 Å². The Hall–Kier alpha value is -0.120. The molecule has 1 heterocycles. The first-order chi connectivity index (χ1) is 7.36. The molecule has 0 aliphatic heterocycles. The van der Waals surface area contributed by atoms with Crippen molar-refractivity contribution in [2.75, 3.05) is 12.4 Å². The summed E-state index contributed by atoms with van der Waals surface area (Å²) in [4.78, 5) is 4.24. The van der Waals surface area contributed by atoms with E-state index in [9.17, 15) is 0 Å². The molecule has 1 aromatic heterocycles. The standard InChI is InChI=1S/C11H19ClN2S/c1-2-3-10(4-5-12)8-13-9-11-14-6-7-15-11/h6-7,10,13H,2-5,8-9H2,1H3. The molecule has 0 aliphatic carbocycles. The maximum absolute atomic E-state index is 5.77. The Morgan fingerprint density at radius 2 is 2.40 bits per heavy atom. The van der Waals surface area contributed by atoms with Gasteiger partial charge in [0, 0.05) is 24.0 Å². The van der Waals surface area contributed by atoms with Crippen LogP contribution in [0.15, 0.2) is 11.6 Å². The second kappa shape index (κ2) is 8.08. The Labute approximate surface area is 101 Å². The van der Waals surface area contributed by atoms with Gasteiger partial charge in [0.05, 0.1) is 0 Å². The van der Waals surface area contributed by atoms with Crippen molar-refractivity contribution in [3.8, 4) is 0 Å². The minimum atomic E-state index is 0.715. The van der Waals surface area contributed by atoms with Gasteiger partial charge in [-0.1, -0.05) is 13.3 Å². The van der Waals surface area contributed by atoms with E-state index in [2.05, 4.69) is 17.2 Å². The lowest BCUT2D eigenvalue weighted by atomic mass is 10.0. The molecule has 0 aliphatic rings. The number of aromatic nitrogens is 1. The van der Waals surface area contributed by atoms with Crippen LogP contribution in [0.4, 0.5) is 0 Å². The number of halogens is 1. The first-order valence-corrected chi connectivity index (χ1v) is 6.93. The summed E-state index contributed by atoms with van der Waals surface area (Å²) in [5, 5.41) is 6.62. The Bertz CT molecular complexity index is 233. The molecule has 15 heavy (non-hydrogen) atoms. The molecule has 0 spiro atoms. The first kappa shape index (κ1) is 12.9. The predicted octanol–water partition coefficient (Wildman–Crippen LogP) is 3.28. The summed E-state index contributed by atoms with van der Waals surface area (Å²) in [6.45, 7) is 4.17. The summed E-state index contributed by atoms with van der Waals surface area (Å²) in [7, 11) is 0. The monoisotopic (exact) mass is 246 g/mol. The zero-order chi connectivity index (χ0) is 10.9. The fourth-order valence-electron chi connectivity index (χ4n) is 1.63. The average Bonchev–Trinajstić information content (AvgIpc) is 2.71. The van der Waals surface area contributed by atoms with Crippen LogP contribution < -0.4 is 5.32 Å².